The summed E-state index contributed by atoms with van der Waals surface area (Å²) in [5.41, 5.74) is 1.22. The van der Waals surface area contributed by atoms with Crippen LogP contribution in [-0.2, 0) is 20.0 Å². The van der Waals surface area contributed by atoms with E-state index in [2.05, 4.69) is 44.7 Å². The number of sulfonamides is 2. The van der Waals surface area contributed by atoms with Crippen molar-refractivity contribution in [1.82, 2.24) is 29.6 Å². The number of nitrogens with one attached hydrogen (secondary N) is 3. The average Bonchev–Trinajstić information content (AvgIpc) is 3.86. The molecule has 20 heteroatoms. The van der Waals surface area contributed by atoms with Crippen molar-refractivity contribution in [2.75, 3.05) is 90.2 Å². The maximum atomic E-state index is 13.1. The highest BCUT2D eigenvalue weighted by molar-refractivity contribution is 7.89. The first-order chi connectivity index (χ1) is 32.1. The largest absolute Gasteiger partial charge is 0.454 e. The number of benzene rings is 4. The zero-order valence-corrected chi connectivity index (χ0v) is 40.3. The number of amides is 1. The number of rotatable bonds is 16. The first-order valence-corrected chi connectivity index (χ1v) is 25.4. The van der Waals surface area contributed by atoms with Crippen molar-refractivity contribution in [2.24, 2.45) is 10.3 Å². The molecular formula is C47H64N10O8S2. The fourth-order valence-electron chi connectivity index (χ4n) is 6.86. The van der Waals surface area contributed by atoms with Gasteiger partial charge in [-0.3, -0.25) is 14.2 Å². The SMILES string of the molecule is CCCCNc1cc(C(=O)N2CCN(C)CC2)cc(S(N)(=O)=O)c1Oc1ccccc1.CCCCNc1cc(C(=O)n2ccnc2)cc(S(N)(=O)=O)c1Oc1ccccc1.CN1CCNCC1. The molecule has 1 amide bonds. The number of imidazole rings is 1. The number of aromatic nitrogens is 2. The fourth-order valence-corrected chi connectivity index (χ4v) is 8.26. The van der Waals surface area contributed by atoms with Crippen LogP contribution >= 0.6 is 0 Å². The average molecular weight is 961 g/mol. The molecule has 67 heavy (non-hydrogen) atoms. The van der Waals surface area contributed by atoms with Crippen LogP contribution in [0, 0.1) is 0 Å². The summed E-state index contributed by atoms with van der Waals surface area (Å²) in [6.45, 7) is 12.7. The third-order valence-corrected chi connectivity index (χ3v) is 12.5. The third-order valence-electron chi connectivity index (χ3n) is 10.7. The van der Waals surface area contributed by atoms with Crippen molar-refractivity contribution in [3.63, 3.8) is 0 Å². The number of anilines is 2. The predicted octanol–water partition coefficient (Wildman–Crippen LogP) is 5.47. The smallest absolute Gasteiger partial charge is 0.263 e. The third kappa shape index (κ3) is 15.9. The van der Waals surface area contributed by atoms with Gasteiger partial charge in [0, 0.05) is 89.0 Å². The van der Waals surface area contributed by atoms with Gasteiger partial charge in [-0.05, 0) is 75.5 Å². The van der Waals surface area contributed by atoms with Gasteiger partial charge in [-0.2, -0.15) is 0 Å². The maximum absolute atomic E-state index is 13.1. The first kappa shape index (κ1) is 52.1. The van der Waals surface area contributed by atoms with E-state index in [-0.39, 0.29) is 38.3 Å². The summed E-state index contributed by atoms with van der Waals surface area (Å²) >= 11 is 0. The molecular weight excluding hydrogens is 897 g/mol. The number of primary sulfonamides is 2. The molecule has 362 valence electrons. The van der Waals surface area contributed by atoms with Gasteiger partial charge < -0.3 is 40.1 Å². The van der Waals surface area contributed by atoms with E-state index in [1.54, 1.807) is 65.6 Å². The van der Waals surface area contributed by atoms with E-state index in [0.29, 0.717) is 49.1 Å². The number of hydrogen-bond acceptors (Lipinski definition) is 14. The van der Waals surface area contributed by atoms with Gasteiger partial charge in [-0.1, -0.05) is 63.1 Å². The first-order valence-electron chi connectivity index (χ1n) is 22.3. The summed E-state index contributed by atoms with van der Waals surface area (Å²) in [7, 11) is -4.16. The number of ether oxygens (including phenoxy) is 2. The molecule has 2 saturated heterocycles. The van der Waals surface area contributed by atoms with Crippen molar-refractivity contribution in [3.05, 3.63) is 115 Å². The van der Waals surface area contributed by atoms with Gasteiger partial charge in [0.25, 0.3) is 11.8 Å². The van der Waals surface area contributed by atoms with Crippen LogP contribution in [0.5, 0.6) is 23.0 Å². The molecule has 0 spiro atoms. The molecule has 2 aliphatic rings. The lowest BCUT2D eigenvalue weighted by Gasteiger charge is -2.32. The molecule has 0 aliphatic carbocycles. The Bertz CT molecular complexity index is 2570. The quantitative estimate of drug-likeness (QED) is 0.0772. The molecule has 0 unspecified atom stereocenters. The van der Waals surface area contributed by atoms with Gasteiger partial charge in [-0.25, -0.2) is 32.1 Å². The summed E-state index contributed by atoms with van der Waals surface area (Å²) in [6.07, 6.45) is 7.93. The van der Waals surface area contributed by atoms with Crippen molar-refractivity contribution >= 4 is 43.2 Å². The lowest BCUT2D eigenvalue weighted by molar-refractivity contribution is 0.0663. The van der Waals surface area contributed by atoms with Crippen molar-refractivity contribution in [1.29, 1.82) is 0 Å². The molecule has 0 atom stereocenters. The molecule has 0 saturated carbocycles. The summed E-state index contributed by atoms with van der Waals surface area (Å²) in [6, 6.07) is 23.4. The normalized spacial score (nSPS) is 14.4. The number of likely N-dealkylation sites (N-methyl/N-ethyl adjacent to an activating group) is 2. The molecule has 0 bridgehead atoms. The van der Waals surface area contributed by atoms with E-state index in [1.807, 2.05) is 26.1 Å². The topological polar surface area (TPSA) is 237 Å². The Morgan fingerprint density at radius 3 is 1.49 bits per heavy atom. The summed E-state index contributed by atoms with van der Waals surface area (Å²) < 4.78 is 62.6. The summed E-state index contributed by atoms with van der Waals surface area (Å²) in [4.78, 5) is 35.5. The number of para-hydroxylation sites is 2. The molecule has 18 nitrogen and oxygen atoms in total. The van der Waals surface area contributed by atoms with Crippen LogP contribution in [0.3, 0.4) is 0 Å². The zero-order valence-electron chi connectivity index (χ0n) is 38.7. The van der Waals surface area contributed by atoms with Gasteiger partial charge in [0.2, 0.25) is 20.0 Å². The van der Waals surface area contributed by atoms with Gasteiger partial charge in [0.15, 0.2) is 11.5 Å². The van der Waals surface area contributed by atoms with Crippen molar-refractivity contribution in [2.45, 2.75) is 49.3 Å². The number of nitrogens with two attached hydrogens (primary N) is 2. The minimum atomic E-state index is -4.17. The molecule has 3 heterocycles. The highest BCUT2D eigenvalue weighted by Crippen LogP contribution is 2.39. The Labute approximate surface area is 394 Å². The highest BCUT2D eigenvalue weighted by atomic mass is 32.2. The Balaban J connectivity index is 0.000000219. The second-order valence-corrected chi connectivity index (χ2v) is 19.2. The minimum Gasteiger partial charge on any atom is -0.454 e. The molecule has 0 radical (unpaired) electrons. The van der Waals surface area contributed by atoms with E-state index in [4.69, 9.17) is 19.8 Å². The van der Waals surface area contributed by atoms with Crippen LogP contribution in [0.1, 0.15) is 60.2 Å². The Kier molecular flexibility index (Phi) is 19.7. The Morgan fingerprint density at radius 2 is 1.10 bits per heavy atom. The molecule has 4 aromatic carbocycles. The second-order valence-electron chi connectivity index (χ2n) is 16.1. The van der Waals surface area contributed by atoms with Crippen molar-refractivity contribution < 1.29 is 35.9 Å². The molecule has 5 aromatic rings. The zero-order chi connectivity index (χ0) is 48.4. The highest BCUT2D eigenvalue weighted by Gasteiger charge is 2.28. The number of carbonyl (C=O) groups excluding carboxylic acids is 2. The molecule has 7 N–H and O–H groups in total. The van der Waals surface area contributed by atoms with Gasteiger partial charge >= 0.3 is 0 Å². The van der Waals surface area contributed by atoms with Gasteiger partial charge in [0.05, 0.1) is 11.4 Å². The number of hydrogen-bond donors (Lipinski definition) is 5. The second kappa shape index (κ2) is 25.3. The van der Waals surface area contributed by atoms with E-state index < -0.39 is 26.0 Å². The molecule has 2 fully saturated rings. The Hall–Kier alpha value is -5.87. The number of carbonyl (C=O) groups is 2. The lowest BCUT2D eigenvalue weighted by atomic mass is 10.1. The van der Waals surface area contributed by atoms with Crippen LogP contribution < -0.4 is 35.7 Å². The van der Waals surface area contributed by atoms with Crippen LogP contribution in [0.4, 0.5) is 11.4 Å². The summed E-state index contributed by atoms with van der Waals surface area (Å²) in [5.74, 6) is 0.422. The van der Waals surface area contributed by atoms with Crippen molar-refractivity contribution in [3.8, 4) is 23.0 Å². The minimum absolute atomic E-state index is 0.0528. The lowest BCUT2D eigenvalue weighted by Crippen LogP contribution is -2.47. The summed E-state index contributed by atoms with van der Waals surface area (Å²) in [5, 5.41) is 20.7. The standard InChI is InChI=1S/C22H30N4O4S.C20H22N4O4S.C5H12N2/c1-3-4-10-24-19-15-17(22(27)26-13-11-25(2)12-14-26)16-20(31(23,28)29)21(19)30-18-8-6-5-7-9-18;1-2-3-9-23-17-12-15(20(25)24-11-10-22-14-24)13-18(29(21,26)27)19(17)28-16-7-5-4-6-8-16;1-7-4-2-6-3-5-7/h5-9,15-16,24H,3-4,10-14H2,1-2H3,(H2,23,28,29);4-8,10-14,23H,2-3,9H2,1H3,(H2,21,26,27);6H,2-5H2,1H3. The Morgan fingerprint density at radius 1 is 0.657 bits per heavy atom. The molecule has 2 aliphatic heterocycles. The maximum Gasteiger partial charge on any atom is 0.263 e. The van der Waals surface area contributed by atoms with E-state index >= 15 is 0 Å². The molecule has 7 rings (SSSR count). The van der Waals surface area contributed by atoms with Crippen LogP contribution in [0.15, 0.2) is 113 Å². The molecule has 1 aromatic heterocycles. The number of nitrogens with zero attached hydrogens (tertiary/aromatic N) is 5. The van der Waals surface area contributed by atoms with Gasteiger partial charge in [-0.15, -0.1) is 0 Å². The van der Waals surface area contributed by atoms with Crippen LogP contribution in [0.25, 0.3) is 0 Å². The van der Waals surface area contributed by atoms with E-state index in [0.717, 1.165) is 51.9 Å². The van der Waals surface area contributed by atoms with E-state index in [1.165, 1.54) is 48.5 Å². The predicted molar refractivity (Wildman–Crippen MR) is 261 cm³/mol. The number of piperazine rings is 2. The van der Waals surface area contributed by atoms with Crippen LogP contribution in [-0.4, -0.2) is 132 Å². The monoisotopic (exact) mass is 960 g/mol. The van der Waals surface area contributed by atoms with E-state index in [9.17, 15) is 26.4 Å². The fraction of sp³-hybridized carbons (Fsp3) is 0.383. The number of unbranched alkanes of at least 4 members (excludes halogenated alkanes) is 2. The van der Waals surface area contributed by atoms with Crippen LogP contribution in [0.2, 0.25) is 0 Å². The van der Waals surface area contributed by atoms with Gasteiger partial charge in [0.1, 0.15) is 27.6 Å².